The second-order valence-electron chi connectivity index (χ2n) is 5.64. The first-order valence-electron chi connectivity index (χ1n) is 6.93. The molecular weight excluding hydrogens is 214 g/mol. The van der Waals surface area contributed by atoms with Gasteiger partial charge in [-0.3, -0.25) is 0 Å². The molecule has 0 spiro atoms. The van der Waals surface area contributed by atoms with E-state index in [9.17, 15) is 0 Å². The molecule has 1 nitrogen and oxygen atoms in total. The Balaban J connectivity index is 2.23. The van der Waals surface area contributed by atoms with E-state index >= 15 is 0 Å². The predicted octanol–water partition coefficient (Wildman–Crippen LogP) is 3.79. The van der Waals surface area contributed by atoms with Crippen LogP contribution in [-0.4, -0.2) is 25.1 Å². The molecule has 0 aromatic heterocycles. The molecule has 0 amide bonds. The van der Waals surface area contributed by atoms with Crippen LogP contribution in [0.3, 0.4) is 0 Å². The number of nitrogens with one attached hydrogen (secondary N) is 1. The second kappa shape index (κ2) is 8.41. The smallest absolute Gasteiger partial charge is 0.00178 e. The Bertz CT molecular complexity index is 170. The van der Waals surface area contributed by atoms with Gasteiger partial charge in [0.1, 0.15) is 0 Å². The van der Waals surface area contributed by atoms with E-state index in [4.69, 9.17) is 0 Å². The standard InChI is InChI=1S/C14H29NS/c1-12(2)10-15-11-14-7-5-4-6-13(14)8-9-16-3/h12-15H,4-11H2,1-3H3. The minimum Gasteiger partial charge on any atom is -0.316 e. The SMILES string of the molecule is CSCCC1CCCCC1CNCC(C)C. The Labute approximate surface area is 106 Å². The maximum Gasteiger partial charge on any atom is -0.00178 e. The molecule has 0 aromatic rings. The fourth-order valence-electron chi connectivity index (χ4n) is 2.76. The Morgan fingerprint density at radius 1 is 1.19 bits per heavy atom. The highest BCUT2D eigenvalue weighted by molar-refractivity contribution is 7.98. The number of rotatable bonds is 7. The van der Waals surface area contributed by atoms with Crippen LogP contribution in [0.1, 0.15) is 46.0 Å². The summed E-state index contributed by atoms with van der Waals surface area (Å²) in [5, 5.41) is 3.65. The van der Waals surface area contributed by atoms with Gasteiger partial charge in [-0.2, -0.15) is 11.8 Å². The molecule has 1 N–H and O–H groups in total. The van der Waals surface area contributed by atoms with Gasteiger partial charge in [0.05, 0.1) is 0 Å². The van der Waals surface area contributed by atoms with Crippen LogP contribution < -0.4 is 5.32 Å². The van der Waals surface area contributed by atoms with Crippen LogP contribution in [0.5, 0.6) is 0 Å². The summed E-state index contributed by atoms with van der Waals surface area (Å²) < 4.78 is 0. The molecule has 2 atom stereocenters. The van der Waals surface area contributed by atoms with Gasteiger partial charge in [0.15, 0.2) is 0 Å². The minimum absolute atomic E-state index is 0.785. The summed E-state index contributed by atoms with van der Waals surface area (Å²) in [6, 6.07) is 0. The Morgan fingerprint density at radius 2 is 1.88 bits per heavy atom. The third-order valence-electron chi connectivity index (χ3n) is 3.72. The highest BCUT2D eigenvalue weighted by Crippen LogP contribution is 2.32. The van der Waals surface area contributed by atoms with E-state index in [0.29, 0.717) is 0 Å². The van der Waals surface area contributed by atoms with Crippen molar-refractivity contribution in [3.8, 4) is 0 Å². The average molecular weight is 243 g/mol. The van der Waals surface area contributed by atoms with Crippen molar-refractivity contribution >= 4 is 11.8 Å². The van der Waals surface area contributed by atoms with Gasteiger partial charge in [0.25, 0.3) is 0 Å². The molecule has 0 aliphatic heterocycles. The molecule has 2 unspecified atom stereocenters. The van der Waals surface area contributed by atoms with E-state index < -0.39 is 0 Å². The van der Waals surface area contributed by atoms with Gasteiger partial charge in [-0.05, 0) is 55.7 Å². The molecule has 1 rings (SSSR count). The Hall–Kier alpha value is 0.310. The van der Waals surface area contributed by atoms with E-state index in [0.717, 1.165) is 17.8 Å². The normalized spacial score (nSPS) is 26.2. The minimum atomic E-state index is 0.785. The second-order valence-corrected chi connectivity index (χ2v) is 6.62. The summed E-state index contributed by atoms with van der Waals surface area (Å²) in [4.78, 5) is 0. The average Bonchev–Trinajstić information content (AvgIpc) is 2.27. The molecule has 0 bridgehead atoms. The molecule has 2 heteroatoms. The van der Waals surface area contributed by atoms with Crippen molar-refractivity contribution in [3.63, 3.8) is 0 Å². The van der Waals surface area contributed by atoms with Crippen molar-refractivity contribution < 1.29 is 0 Å². The summed E-state index contributed by atoms with van der Waals surface area (Å²) >= 11 is 2.01. The van der Waals surface area contributed by atoms with Gasteiger partial charge in [-0.15, -0.1) is 0 Å². The maximum absolute atomic E-state index is 3.65. The van der Waals surface area contributed by atoms with Gasteiger partial charge in [-0.1, -0.05) is 33.1 Å². The van der Waals surface area contributed by atoms with Crippen molar-refractivity contribution in [1.29, 1.82) is 0 Å². The third-order valence-corrected chi connectivity index (χ3v) is 4.36. The molecule has 0 saturated heterocycles. The van der Waals surface area contributed by atoms with E-state index in [1.807, 2.05) is 11.8 Å². The summed E-state index contributed by atoms with van der Waals surface area (Å²) in [7, 11) is 0. The monoisotopic (exact) mass is 243 g/mol. The first-order chi connectivity index (χ1) is 7.74. The molecule has 96 valence electrons. The van der Waals surface area contributed by atoms with Crippen LogP contribution in [0.2, 0.25) is 0 Å². The zero-order valence-corrected chi connectivity index (χ0v) is 12.1. The fourth-order valence-corrected chi connectivity index (χ4v) is 3.30. The molecule has 16 heavy (non-hydrogen) atoms. The molecular formula is C14H29NS. The summed E-state index contributed by atoms with van der Waals surface area (Å²) in [5.41, 5.74) is 0. The van der Waals surface area contributed by atoms with Crippen molar-refractivity contribution in [2.75, 3.05) is 25.1 Å². The van der Waals surface area contributed by atoms with Gasteiger partial charge in [0, 0.05) is 0 Å². The van der Waals surface area contributed by atoms with E-state index in [1.54, 1.807) is 0 Å². The van der Waals surface area contributed by atoms with Crippen LogP contribution in [0.15, 0.2) is 0 Å². The summed E-state index contributed by atoms with van der Waals surface area (Å²) in [6.07, 6.45) is 9.55. The van der Waals surface area contributed by atoms with Crippen molar-refractivity contribution in [1.82, 2.24) is 5.32 Å². The lowest BCUT2D eigenvalue weighted by Crippen LogP contribution is -2.32. The highest BCUT2D eigenvalue weighted by atomic mass is 32.2. The summed E-state index contributed by atoms with van der Waals surface area (Å²) in [6.45, 7) is 7.03. The third kappa shape index (κ3) is 5.58. The van der Waals surface area contributed by atoms with Crippen LogP contribution in [0.25, 0.3) is 0 Å². The van der Waals surface area contributed by atoms with Gasteiger partial charge < -0.3 is 5.32 Å². The van der Waals surface area contributed by atoms with Crippen molar-refractivity contribution in [2.45, 2.75) is 46.0 Å². The van der Waals surface area contributed by atoms with Crippen LogP contribution >= 0.6 is 11.8 Å². The van der Waals surface area contributed by atoms with E-state index in [2.05, 4.69) is 25.4 Å². The van der Waals surface area contributed by atoms with Gasteiger partial charge >= 0.3 is 0 Å². The molecule has 1 aliphatic rings. The lowest BCUT2D eigenvalue weighted by atomic mass is 9.78. The van der Waals surface area contributed by atoms with Gasteiger partial charge in [0.2, 0.25) is 0 Å². The zero-order chi connectivity index (χ0) is 11.8. The van der Waals surface area contributed by atoms with Gasteiger partial charge in [-0.25, -0.2) is 0 Å². The van der Waals surface area contributed by atoms with E-state index in [-0.39, 0.29) is 0 Å². The Kier molecular flexibility index (Phi) is 7.55. The number of hydrogen-bond donors (Lipinski definition) is 1. The molecule has 0 radical (unpaired) electrons. The lowest BCUT2D eigenvalue weighted by Gasteiger charge is -2.32. The largest absolute Gasteiger partial charge is 0.316 e. The molecule has 0 aromatic carbocycles. The highest BCUT2D eigenvalue weighted by Gasteiger charge is 2.24. The molecule has 1 saturated carbocycles. The van der Waals surface area contributed by atoms with E-state index in [1.165, 1.54) is 50.9 Å². The molecule has 1 fully saturated rings. The predicted molar refractivity (Wildman–Crippen MR) is 76.2 cm³/mol. The van der Waals surface area contributed by atoms with Crippen LogP contribution in [0, 0.1) is 17.8 Å². The molecule has 1 aliphatic carbocycles. The number of hydrogen-bond acceptors (Lipinski definition) is 2. The maximum atomic E-state index is 3.65. The zero-order valence-electron chi connectivity index (χ0n) is 11.3. The Morgan fingerprint density at radius 3 is 2.50 bits per heavy atom. The topological polar surface area (TPSA) is 12.0 Å². The first kappa shape index (κ1) is 14.4. The quantitative estimate of drug-likeness (QED) is 0.730. The number of thioether (sulfide) groups is 1. The summed E-state index contributed by atoms with van der Waals surface area (Å²) in [5.74, 6) is 4.10. The molecule has 0 heterocycles. The van der Waals surface area contributed by atoms with Crippen LogP contribution in [0.4, 0.5) is 0 Å². The van der Waals surface area contributed by atoms with Crippen LogP contribution in [-0.2, 0) is 0 Å². The first-order valence-corrected chi connectivity index (χ1v) is 8.33. The van der Waals surface area contributed by atoms with Crippen molar-refractivity contribution in [2.24, 2.45) is 17.8 Å². The van der Waals surface area contributed by atoms with Crippen molar-refractivity contribution in [3.05, 3.63) is 0 Å². The lowest BCUT2D eigenvalue weighted by molar-refractivity contribution is 0.223. The fraction of sp³-hybridized carbons (Fsp3) is 1.00.